The lowest BCUT2D eigenvalue weighted by atomic mass is 10.1. The van der Waals surface area contributed by atoms with E-state index in [0.717, 1.165) is 5.56 Å². The maximum absolute atomic E-state index is 13.4. The fraction of sp³-hybridized carbons (Fsp3) is 0.353. The molecule has 4 rings (SSSR count). The summed E-state index contributed by atoms with van der Waals surface area (Å²) in [6.07, 6.45) is 3.39. The zero-order valence-corrected chi connectivity index (χ0v) is 14.4. The average Bonchev–Trinajstić information content (AvgIpc) is 2.68. The average molecular weight is 361 g/mol. The Bertz CT molecular complexity index is 857. The highest BCUT2D eigenvalue weighted by Crippen LogP contribution is 2.39. The van der Waals surface area contributed by atoms with E-state index in [2.05, 4.69) is 10.3 Å². The van der Waals surface area contributed by atoms with Crippen molar-refractivity contribution >= 4 is 10.0 Å². The van der Waals surface area contributed by atoms with Gasteiger partial charge in [0.05, 0.1) is 6.04 Å². The fourth-order valence-electron chi connectivity index (χ4n) is 3.21. The van der Waals surface area contributed by atoms with Crippen LogP contribution >= 0.6 is 0 Å². The van der Waals surface area contributed by atoms with Crippen LogP contribution in [0.1, 0.15) is 11.6 Å². The highest BCUT2D eigenvalue weighted by Gasteiger charge is 2.37. The first-order chi connectivity index (χ1) is 12.2. The molecule has 1 atom stereocenters. The zero-order valence-electron chi connectivity index (χ0n) is 13.6. The number of para-hydroxylation sites is 1. The van der Waals surface area contributed by atoms with Crippen LogP contribution in [-0.4, -0.2) is 50.6 Å². The zero-order chi connectivity index (χ0) is 17.3. The number of piperazine rings is 1. The van der Waals surface area contributed by atoms with Crippen molar-refractivity contribution in [3.8, 4) is 11.5 Å². The standard InChI is InChI=1S/C17H19N3O4S/c21-25(22,16-5-1-4-15-17(16)24-10-9-23-15)20-8-7-19-12-14(20)13-3-2-6-18-11-13/h1-6,11,14,19H,7-10,12H2. The molecular formula is C17H19N3O4S. The number of hydrogen-bond donors (Lipinski definition) is 1. The van der Waals surface area contributed by atoms with Crippen molar-refractivity contribution in [3.05, 3.63) is 48.3 Å². The SMILES string of the molecule is O=S(=O)(c1cccc2c1OCCO2)N1CCNCC1c1cccnc1. The molecule has 3 heterocycles. The number of nitrogens with zero attached hydrogens (tertiary/aromatic N) is 2. The summed E-state index contributed by atoms with van der Waals surface area (Å²) in [4.78, 5) is 4.28. The number of aromatic nitrogens is 1. The van der Waals surface area contributed by atoms with Crippen molar-refractivity contribution in [3.63, 3.8) is 0 Å². The van der Waals surface area contributed by atoms with Gasteiger partial charge in [-0.3, -0.25) is 4.98 Å². The second-order valence-electron chi connectivity index (χ2n) is 5.90. The van der Waals surface area contributed by atoms with Crippen LogP contribution in [0.2, 0.25) is 0 Å². The molecule has 2 aliphatic rings. The molecule has 1 fully saturated rings. The van der Waals surface area contributed by atoms with Gasteiger partial charge in [-0.15, -0.1) is 0 Å². The molecule has 132 valence electrons. The van der Waals surface area contributed by atoms with Gasteiger partial charge in [0.2, 0.25) is 10.0 Å². The van der Waals surface area contributed by atoms with Gasteiger partial charge in [-0.05, 0) is 23.8 Å². The lowest BCUT2D eigenvalue weighted by Crippen LogP contribution is -2.48. The molecule has 1 unspecified atom stereocenters. The highest BCUT2D eigenvalue weighted by molar-refractivity contribution is 7.89. The van der Waals surface area contributed by atoms with Crippen molar-refractivity contribution < 1.29 is 17.9 Å². The summed E-state index contributed by atoms with van der Waals surface area (Å²) in [6.45, 7) is 2.28. The topological polar surface area (TPSA) is 80.8 Å². The van der Waals surface area contributed by atoms with E-state index in [1.807, 2.05) is 12.1 Å². The fourth-order valence-corrected chi connectivity index (χ4v) is 4.97. The number of benzene rings is 1. The third-order valence-corrected chi connectivity index (χ3v) is 6.31. The van der Waals surface area contributed by atoms with Crippen LogP contribution in [-0.2, 0) is 10.0 Å². The Labute approximate surface area is 146 Å². The summed E-state index contributed by atoms with van der Waals surface area (Å²) in [5.41, 5.74) is 0.861. The van der Waals surface area contributed by atoms with E-state index in [9.17, 15) is 8.42 Å². The molecule has 1 aromatic carbocycles. The molecule has 0 spiro atoms. The van der Waals surface area contributed by atoms with E-state index in [0.29, 0.717) is 44.3 Å². The molecule has 0 radical (unpaired) electrons. The molecule has 0 aliphatic carbocycles. The van der Waals surface area contributed by atoms with Gasteiger partial charge in [-0.1, -0.05) is 12.1 Å². The second kappa shape index (κ2) is 6.62. The number of fused-ring (bicyclic) bond motifs is 1. The van der Waals surface area contributed by atoms with Gasteiger partial charge >= 0.3 is 0 Å². The van der Waals surface area contributed by atoms with Crippen molar-refractivity contribution in [2.24, 2.45) is 0 Å². The number of hydrogen-bond acceptors (Lipinski definition) is 6. The summed E-state index contributed by atoms with van der Waals surface area (Å²) in [7, 11) is -3.74. The molecule has 2 aliphatic heterocycles. The van der Waals surface area contributed by atoms with Crippen molar-refractivity contribution in [2.45, 2.75) is 10.9 Å². The highest BCUT2D eigenvalue weighted by atomic mass is 32.2. The first-order valence-electron chi connectivity index (χ1n) is 8.19. The lowest BCUT2D eigenvalue weighted by molar-refractivity contribution is 0.166. The predicted octanol–water partition coefficient (Wildman–Crippen LogP) is 1.19. The van der Waals surface area contributed by atoms with Gasteiger partial charge in [0, 0.05) is 32.0 Å². The maximum atomic E-state index is 13.4. The molecule has 0 saturated carbocycles. The summed E-state index contributed by atoms with van der Waals surface area (Å²) in [6, 6.07) is 8.38. The molecule has 8 heteroatoms. The summed E-state index contributed by atoms with van der Waals surface area (Å²) in [5.74, 6) is 0.776. The van der Waals surface area contributed by atoms with Gasteiger partial charge in [0.15, 0.2) is 11.5 Å². The molecule has 0 bridgehead atoms. The van der Waals surface area contributed by atoms with E-state index in [4.69, 9.17) is 9.47 Å². The minimum Gasteiger partial charge on any atom is -0.486 e. The summed E-state index contributed by atoms with van der Waals surface area (Å²) >= 11 is 0. The Morgan fingerprint density at radius 2 is 2.04 bits per heavy atom. The normalized spacial score (nSPS) is 21.0. The van der Waals surface area contributed by atoms with Crippen molar-refractivity contribution in [1.29, 1.82) is 0 Å². The Morgan fingerprint density at radius 1 is 1.16 bits per heavy atom. The van der Waals surface area contributed by atoms with E-state index >= 15 is 0 Å². The van der Waals surface area contributed by atoms with Crippen LogP contribution in [0.4, 0.5) is 0 Å². The summed E-state index contributed by atoms with van der Waals surface area (Å²) < 4.78 is 39.4. The van der Waals surface area contributed by atoms with Gasteiger partial charge in [-0.2, -0.15) is 4.31 Å². The monoisotopic (exact) mass is 361 g/mol. The Hall–Kier alpha value is -2.16. The lowest BCUT2D eigenvalue weighted by Gasteiger charge is -2.35. The molecule has 0 amide bonds. The molecule has 1 aromatic heterocycles. The van der Waals surface area contributed by atoms with E-state index in [1.165, 1.54) is 4.31 Å². The Kier molecular flexibility index (Phi) is 4.32. The molecule has 25 heavy (non-hydrogen) atoms. The van der Waals surface area contributed by atoms with E-state index < -0.39 is 10.0 Å². The van der Waals surface area contributed by atoms with Crippen LogP contribution in [0.15, 0.2) is 47.6 Å². The first kappa shape index (κ1) is 16.3. The third-order valence-electron chi connectivity index (χ3n) is 4.38. The Morgan fingerprint density at radius 3 is 2.88 bits per heavy atom. The Balaban J connectivity index is 1.76. The number of ether oxygens (including phenoxy) is 2. The largest absolute Gasteiger partial charge is 0.486 e. The van der Waals surface area contributed by atoms with Crippen molar-refractivity contribution in [1.82, 2.24) is 14.6 Å². The number of nitrogens with one attached hydrogen (secondary N) is 1. The van der Waals surface area contributed by atoms with Crippen LogP contribution in [0.25, 0.3) is 0 Å². The minimum absolute atomic E-state index is 0.153. The van der Waals surface area contributed by atoms with E-state index in [1.54, 1.807) is 30.6 Å². The molecule has 1 N–H and O–H groups in total. The van der Waals surface area contributed by atoms with Crippen LogP contribution in [0.5, 0.6) is 11.5 Å². The second-order valence-corrected chi connectivity index (χ2v) is 7.76. The number of pyridine rings is 1. The smallest absolute Gasteiger partial charge is 0.247 e. The number of rotatable bonds is 3. The van der Waals surface area contributed by atoms with Gasteiger partial charge < -0.3 is 14.8 Å². The molecular weight excluding hydrogens is 342 g/mol. The van der Waals surface area contributed by atoms with Gasteiger partial charge in [-0.25, -0.2) is 8.42 Å². The van der Waals surface area contributed by atoms with Crippen LogP contribution < -0.4 is 14.8 Å². The quantitative estimate of drug-likeness (QED) is 0.884. The minimum atomic E-state index is -3.74. The predicted molar refractivity (Wildman–Crippen MR) is 91.2 cm³/mol. The van der Waals surface area contributed by atoms with Crippen molar-refractivity contribution in [2.75, 3.05) is 32.8 Å². The third kappa shape index (κ3) is 2.97. The summed E-state index contributed by atoms with van der Waals surface area (Å²) in [5, 5.41) is 3.26. The molecule has 7 nitrogen and oxygen atoms in total. The number of sulfonamides is 1. The van der Waals surface area contributed by atoms with E-state index in [-0.39, 0.29) is 10.9 Å². The van der Waals surface area contributed by atoms with Gasteiger partial charge in [0.1, 0.15) is 18.1 Å². The van der Waals surface area contributed by atoms with Crippen LogP contribution in [0.3, 0.4) is 0 Å². The molecule has 1 saturated heterocycles. The maximum Gasteiger partial charge on any atom is 0.247 e. The van der Waals surface area contributed by atoms with Gasteiger partial charge in [0.25, 0.3) is 0 Å². The molecule has 2 aromatic rings. The first-order valence-corrected chi connectivity index (χ1v) is 9.63. The van der Waals surface area contributed by atoms with Crippen LogP contribution in [0, 0.1) is 0 Å².